The Morgan fingerprint density at radius 1 is 0.824 bits per heavy atom. The van der Waals surface area contributed by atoms with Gasteiger partial charge in [-0.1, -0.05) is 77.9 Å². The third kappa shape index (κ3) is 10.7. The van der Waals surface area contributed by atoms with Crippen molar-refractivity contribution in [1.82, 2.24) is 0 Å². The summed E-state index contributed by atoms with van der Waals surface area (Å²) in [6.45, 7) is 17.3. The van der Waals surface area contributed by atoms with Gasteiger partial charge < -0.3 is 10.2 Å². The first-order valence-electron chi connectivity index (χ1n) is 13.6. The van der Waals surface area contributed by atoms with E-state index in [4.69, 9.17) is 0 Å². The molecule has 2 atom stereocenters. The predicted octanol–water partition coefficient (Wildman–Crippen LogP) is 8.87. The Morgan fingerprint density at radius 2 is 1.38 bits per heavy atom. The molecule has 2 unspecified atom stereocenters. The Morgan fingerprint density at radius 3 is 1.94 bits per heavy atom. The van der Waals surface area contributed by atoms with E-state index < -0.39 is 5.97 Å². The molecule has 1 aromatic carbocycles. The Kier molecular flexibility index (Phi) is 13.6. The van der Waals surface area contributed by atoms with Crippen LogP contribution in [0.5, 0.6) is 5.75 Å². The zero-order chi connectivity index (χ0) is 25.8. The van der Waals surface area contributed by atoms with Crippen LogP contribution in [0, 0.1) is 38.5 Å². The van der Waals surface area contributed by atoms with Gasteiger partial charge in [0.15, 0.2) is 0 Å². The zero-order valence-corrected chi connectivity index (χ0v) is 23.4. The Bertz CT molecular complexity index is 804. The first-order chi connectivity index (χ1) is 15.9. The fraction of sp³-hybridized carbons (Fsp3) is 0.710. The molecule has 3 nitrogen and oxygen atoms in total. The van der Waals surface area contributed by atoms with E-state index in [1.165, 1.54) is 50.5 Å². The van der Waals surface area contributed by atoms with E-state index in [1.54, 1.807) is 0 Å². The van der Waals surface area contributed by atoms with E-state index in [0.717, 1.165) is 64.8 Å². The minimum absolute atomic E-state index is 0.00915. The van der Waals surface area contributed by atoms with Gasteiger partial charge in [-0.15, -0.1) is 0 Å². The first kappa shape index (κ1) is 30.3. The topological polar surface area (TPSA) is 57.5 Å². The molecule has 1 aromatic rings. The molecule has 0 bridgehead atoms. The molecule has 0 radical (unpaired) electrons. The number of hydrogen-bond acceptors (Lipinski definition) is 2. The normalized spacial score (nSPS) is 14.0. The smallest absolute Gasteiger partial charge is 0.307 e. The van der Waals surface area contributed by atoms with E-state index in [0.29, 0.717) is 5.75 Å². The molecule has 0 aromatic heterocycles. The standard InChI is InChI=1S/C31H52O3/c1-21(2)12-9-13-22(3)14-10-15-23(4)16-11-17-24(5)18-19-28-27(8)29(20-30(32)33)25(6)26(7)31(28)34/h17,21-23,34H,9-16,18-20H2,1-8H3,(H,32,33). The van der Waals surface area contributed by atoms with Crippen molar-refractivity contribution in [2.75, 3.05) is 0 Å². The van der Waals surface area contributed by atoms with Gasteiger partial charge >= 0.3 is 5.97 Å². The molecule has 0 spiro atoms. The highest BCUT2D eigenvalue weighted by atomic mass is 16.4. The van der Waals surface area contributed by atoms with E-state index in [2.05, 4.69) is 40.7 Å². The monoisotopic (exact) mass is 472 g/mol. The summed E-state index contributed by atoms with van der Waals surface area (Å²) in [5.41, 5.74) is 5.74. The Balaban J connectivity index is 2.48. The quantitative estimate of drug-likeness (QED) is 0.236. The maximum Gasteiger partial charge on any atom is 0.307 e. The molecule has 0 aliphatic rings. The van der Waals surface area contributed by atoms with Gasteiger partial charge in [-0.25, -0.2) is 0 Å². The maximum atomic E-state index is 11.3. The summed E-state index contributed by atoms with van der Waals surface area (Å²) in [5.74, 6) is 1.96. The SMILES string of the molecule is CC(=CCCC(C)CCCC(C)CCCC(C)C)CCc1c(C)c(CC(=O)O)c(C)c(C)c1O. The van der Waals surface area contributed by atoms with E-state index in [1.807, 2.05) is 20.8 Å². The summed E-state index contributed by atoms with van der Waals surface area (Å²) < 4.78 is 0. The van der Waals surface area contributed by atoms with Gasteiger partial charge in [0.25, 0.3) is 0 Å². The molecule has 2 N–H and O–H groups in total. The van der Waals surface area contributed by atoms with Crippen molar-refractivity contribution >= 4 is 5.97 Å². The molecule has 34 heavy (non-hydrogen) atoms. The summed E-state index contributed by atoms with van der Waals surface area (Å²) in [5, 5.41) is 20.0. The van der Waals surface area contributed by atoms with Gasteiger partial charge in [0.2, 0.25) is 0 Å². The zero-order valence-electron chi connectivity index (χ0n) is 23.4. The number of benzene rings is 1. The van der Waals surface area contributed by atoms with Crippen molar-refractivity contribution in [3.63, 3.8) is 0 Å². The number of allylic oxidation sites excluding steroid dienone is 2. The van der Waals surface area contributed by atoms with Gasteiger partial charge in [0, 0.05) is 0 Å². The maximum absolute atomic E-state index is 11.3. The summed E-state index contributed by atoms with van der Waals surface area (Å²) in [4.78, 5) is 11.3. The highest BCUT2D eigenvalue weighted by Gasteiger charge is 2.18. The summed E-state index contributed by atoms with van der Waals surface area (Å²) in [7, 11) is 0. The fourth-order valence-electron chi connectivity index (χ4n) is 5.01. The fourth-order valence-corrected chi connectivity index (χ4v) is 5.01. The second-order valence-corrected chi connectivity index (χ2v) is 11.3. The van der Waals surface area contributed by atoms with Gasteiger partial charge in [-0.05, 0) is 98.9 Å². The average molecular weight is 473 g/mol. The molecule has 0 fully saturated rings. The molecule has 0 saturated heterocycles. The van der Waals surface area contributed by atoms with Crippen molar-refractivity contribution in [2.45, 2.75) is 126 Å². The second kappa shape index (κ2) is 15.3. The number of aromatic hydroxyl groups is 1. The number of aliphatic carboxylic acids is 1. The second-order valence-electron chi connectivity index (χ2n) is 11.3. The number of carbonyl (C=O) groups is 1. The lowest BCUT2D eigenvalue weighted by molar-refractivity contribution is -0.136. The predicted molar refractivity (Wildman–Crippen MR) is 146 cm³/mol. The number of carboxylic acids is 1. The highest BCUT2D eigenvalue weighted by molar-refractivity contribution is 5.72. The van der Waals surface area contributed by atoms with Crippen LogP contribution in [0.15, 0.2) is 11.6 Å². The van der Waals surface area contributed by atoms with Crippen LogP contribution in [-0.4, -0.2) is 16.2 Å². The minimum Gasteiger partial charge on any atom is -0.507 e. The first-order valence-corrected chi connectivity index (χ1v) is 13.6. The van der Waals surface area contributed by atoms with Crippen molar-refractivity contribution in [1.29, 1.82) is 0 Å². The lowest BCUT2D eigenvalue weighted by Gasteiger charge is -2.19. The molecule has 194 valence electrons. The molecule has 1 rings (SSSR count). The average Bonchev–Trinajstić information content (AvgIpc) is 2.75. The Labute approximate surface area is 210 Å². The highest BCUT2D eigenvalue weighted by Crippen LogP contribution is 2.34. The molecule has 0 saturated carbocycles. The van der Waals surface area contributed by atoms with E-state index >= 15 is 0 Å². The van der Waals surface area contributed by atoms with Crippen molar-refractivity contribution in [3.05, 3.63) is 39.5 Å². The van der Waals surface area contributed by atoms with Crippen LogP contribution in [0.3, 0.4) is 0 Å². The van der Waals surface area contributed by atoms with E-state index in [-0.39, 0.29) is 6.42 Å². The molecule has 0 amide bonds. The third-order valence-electron chi connectivity index (χ3n) is 7.68. The number of carboxylic acid groups (broad SMARTS) is 1. The summed E-state index contributed by atoms with van der Waals surface area (Å²) in [6.07, 6.45) is 14.5. The molecule has 0 heterocycles. The van der Waals surface area contributed by atoms with Crippen molar-refractivity contribution in [3.8, 4) is 5.75 Å². The number of rotatable bonds is 16. The number of phenols is 1. The van der Waals surface area contributed by atoms with Crippen LogP contribution >= 0.6 is 0 Å². The number of hydrogen-bond donors (Lipinski definition) is 2. The van der Waals surface area contributed by atoms with Gasteiger partial charge in [0.1, 0.15) is 5.75 Å². The van der Waals surface area contributed by atoms with Crippen LogP contribution in [0.2, 0.25) is 0 Å². The van der Waals surface area contributed by atoms with Gasteiger partial charge in [-0.2, -0.15) is 0 Å². The lowest BCUT2D eigenvalue weighted by atomic mass is 9.88. The Hall–Kier alpha value is -1.77. The molecule has 3 heteroatoms. The molecular formula is C31H52O3. The largest absolute Gasteiger partial charge is 0.507 e. The van der Waals surface area contributed by atoms with Crippen LogP contribution in [0.25, 0.3) is 0 Å². The van der Waals surface area contributed by atoms with Crippen LogP contribution in [0.4, 0.5) is 0 Å². The van der Waals surface area contributed by atoms with Crippen LogP contribution in [0.1, 0.15) is 120 Å². The molecular weight excluding hydrogens is 420 g/mol. The van der Waals surface area contributed by atoms with Gasteiger partial charge in [-0.3, -0.25) is 4.79 Å². The van der Waals surface area contributed by atoms with E-state index in [9.17, 15) is 15.0 Å². The minimum atomic E-state index is -0.826. The molecule has 0 aliphatic carbocycles. The van der Waals surface area contributed by atoms with Gasteiger partial charge in [0.05, 0.1) is 6.42 Å². The van der Waals surface area contributed by atoms with Crippen LogP contribution < -0.4 is 0 Å². The summed E-state index contributed by atoms with van der Waals surface area (Å²) in [6, 6.07) is 0. The van der Waals surface area contributed by atoms with Crippen molar-refractivity contribution in [2.24, 2.45) is 17.8 Å². The lowest BCUT2D eigenvalue weighted by Crippen LogP contribution is -2.08. The van der Waals surface area contributed by atoms with Crippen LogP contribution in [-0.2, 0) is 17.6 Å². The third-order valence-corrected chi connectivity index (χ3v) is 7.68. The summed E-state index contributed by atoms with van der Waals surface area (Å²) >= 11 is 0. The molecule has 0 aliphatic heterocycles. The van der Waals surface area contributed by atoms with Crippen molar-refractivity contribution < 1.29 is 15.0 Å². The number of phenolic OH excluding ortho intramolecular Hbond substituents is 1.